The lowest BCUT2D eigenvalue weighted by atomic mass is 10.0. The number of anilines is 1. The Balaban J connectivity index is 2.11. The van der Waals surface area contributed by atoms with Gasteiger partial charge in [-0.2, -0.15) is 0 Å². The van der Waals surface area contributed by atoms with E-state index in [1.165, 1.54) is 7.11 Å². The molecule has 2 heterocycles. The number of hydrogen-bond acceptors (Lipinski definition) is 6. The summed E-state index contributed by atoms with van der Waals surface area (Å²) in [6.07, 6.45) is 2.28. The number of piperidine rings is 1. The van der Waals surface area contributed by atoms with Crippen LogP contribution in [0.1, 0.15) is 28.2 Å². The second kappa shape index (κ2) is 5.88. The van der Waals surface area contributed by atoms with Gasteiger partial charge in [-0.15, -0.1) is 11.3 Å². The van der Waals surface area contributed by atoms with Gasteiger partial charge in [-0.25, -0.2) is 9.78 Å². The summed E-state index contributed by atoms with van der Waals surface area (Å²) in [5, 5.41) is 0.910. The number of nitrogens with zero attached hydrogens (tertiary/aromatic N) is 3. The van der Waals surface area contributed by atoms with E-state index < -0.39 is 0 Å². The molecular formula is C13H21N3O2S. The van der Waals surface area contributed by atoms with Gasteiger partial charge in [0.2, 0.25) is 0 Å². The lowest BCUT2D eigenvalue weighted by Gasteiger charge is -2.34. The Morgan fingerprint density at radius 3 is 2.68 bits per heavy atom. The molecule has 0 bridgehead atoms. The fourth-order valence-corrected chi connectivity index (χ4v) is 3.29. The summed E-state index contributed by atoms with van der Waals surface area (Å²) in [5.41, 5.74) is 0.447. The molecule has 0 N–H and O–H groups in total. The fraction of sp³-hybridized carbons (Fsp3) is 0.692. The van der Waals surface area contributed by atoms with Crippen LogP contribution in [0.2, 0.25) is 0 Å². The number of ether oxygens (including phenoxy) is 1. The highest BCUT2D eigenvalue weighted by molar-refractivity contribution is 7.15. The number of aromatic nitrogens is 1. The Morgan fingerprint density at radius 2 is 2.11 bits per heavy atom. The van der Waals surface area contributed by atoms with Crippen molar-refractivity contribution in [2.45, 2.75) is 25.8 Å². The van der Waals surface area contributed by atoms with E-state index in [1.807, 2.05) is 6.92 Å². The van der Waals surface area contributed by atoms with Crippen molar-refractivity contribution in [1.29, 1.82) is 0 Å². The Kier molecular flexibility index (Phi) is 4.42. The van der Waals surface area contributed by atoms with Crippen LogP contribution in [0.4, 0.5) is 5.13 Å². The van der Waals surface area contributed by atoms with Crippen LogP contribution in [0.5, 0.6) is 0 Å². The maximum Gasteiger partial charge on any atom is 0.357 e. The molecule has 0 aliphatic carbocycles. The summed E-state index contributed by atoms with van der Waals surface area (Å²) >= 11 is 1.56. The van der Waals surface area contributed by atoms with Crippen LogP contribution >= 0.6 is 11.3 Å². The molecule has 19 heavy (non-hydrogen) atoms. The van der Waals surface area contributed by atoms with Crippen molar-refractivity contribution in [3.05, 3.63) is 10.6 Å². The average Bonchev–Trinajstić information content (AvgIpc) is 2.80. The van der Waals surface area contributed by atoms with E-state index in [0.29, 0.717) is 11.7 Å². The van der Waals surface area contributed by atoms with Gasteiger partial charge in [-0.05, 0) is 39.9 Å². The molecule has 0 saturated carbocycles. The van der Waals surface area contributed by atoms with Gasteiger partial charge in [0.25, 0.3) is 0 Å². The summed E-state index contributed by atoms with van der Waals surface area (Å²) < 4.78 is 4.75. The Labute approximate surface area is 118 Å². The quantitative estimate of drug-likeness (QED) is 0.791. The average molecular weight is 283 g/mol. The molecule has 0 aromatic carbocycles. The monoisotopic (exact) mass is 283 g/mol. The number of methoxy groups -OCH3 is 1. The minimum atomic E-state index is -0.350. The van der Waals surface area contributed by atoms with E-state index in [1.54, 1.807) is 11.3 Å². The molecule has 5 nitrogen and oxygen atoms in total. The number of thiazole rings is 1. The van der Waals surface area contributed by atoms with Gasteiger partial charge in [0, 0.05) is 18.0 Å². The van der Waals surface area contributed by atoms with Gasteiger partial charge in [0.05, 0.1) is 7.11 Å². The number of likely N-dealkylation sites (tertiary alicyclic amines) is 1. The smallest absolute Gasteiger partial charge is 0.357 e. The van der Waals surface area contributed by atoms with Crippen LogP contribution in [0.15, 0.2) is 0 Å². The van der Waals surface area contributed by atoms with Gasteiger partial charge in [-0.3, -0.25) is 0 Å². The summed E-state index contributed by atoms with van der Waals surface area (Å²) in [6, 6.07) is 0.507. The molecular weight excluding hydrogens is 262 g/mol. The lowest BCUT2D eigenvalue weighted by Crippen LogP contribution is -2.41. The first-order chi connectivity index (χ1) is 9.02. The van der Waals surface area contributed by atoms with E-state index in [-0.39, 0.29) is 5.97 Å². The third kappa shape index (κ3) is 3.06. The number of hydrogen-bond donors (Lipinski definition) is 0. The normalized spacial score (nSPS) is 17.5. The standard InChI is InChI=1S/C13H21N3O2S/c1-9-11(12(17)18-4)14-13(19-9)16(3)10-5-7-15(2)8-6-10/h10H,5-8H2,1-4H3. The third-order valence-corrected chi connectivity index (χ3v) is 4.76. The molecule has 1 aromatic heterocycles. The highest BCUT2D eigenvalue weighted by atomic mass is 32.1. The van der Waals surface area contributed by atoms with E-state index in [2.05, 4.69) is 28.9 Å². The van der Waals surface area contributed by atoms with Crippen molar-refractivity contribution < 1.29 is 9.53 Å². The van der Waals surface area contributed by atoms with E-state index in [4.69, 9.17) is 4.74 Å². The zero-order chi connectivity index (χ0) is 14.0. The molecule has 1 aromatic rings. The van der Waals surface area contributed by atoms with E-state index in [0.717, 1.165) is 35.9 Å². The van der Waals surface area contributed by atoms with Crippen LogP contribution in [-0.4, -0.2) is 56.2 Å². The van der Waals surface area contributed by atoms with Gasteiger partial charge in [0.15, 0.2) is 10.8 Å². The van der Waals surface area contributed by atoms with Crippen molar-refractivity contribution in [3.8, 4) is 0 Å². The minimum Gasteiger partial charge on any atom is -0.464 e. The van der Waals surface area contributed by atoms with Crippen molar-refractivity contribution in [2.75, 3.05) is 39.2 Å². The SMILES string of the molecule is COC(=O)c1nc(N(C)C2CCN(C)CC2)sc1C. The van der Waals surface area contributed by atoms with Crippen molar-refractivity contribution in [1.82, 2.24) is 9.88 Å². The van der Waals surface area contributed by atoms with Crippen molar-refractivity contribution in [3.63, 3.8) is 0 Å². The van der Waals surface area contributed by atoms with E-state index >= 15 is 0 Å². The predicted octanol–water partition coefficient (Wildman–Crippen LogP) is 1.77. The molecule has 0 atom stereocenters. The molecule has 1 saturated heterocycles. The maximum absolute atomic E-state index is 11.6. The molecule has 1 aliphatic rings. The van der Waals surface area contributed by atoms with Crippen molar-refractivity contribution in [2.24, 2.45) is 0 Å². The van der Waals surface area contributed by atoms with Gasteiger partial charge < -0.3 is 14.5 Å². The molecule has 0 radical (unpaired) electrons. The molecule has 106 valence electrons. The summed E-state index contributed by atoms with van der Waals surface area (Å²) in [6.45, 7) is 4.14. The lowest BCUT2D eigenvalue weighted by molar-refractivity contribution is 0.0594. The number of esters is 1. The first-order valence-corrected chi connectivity index (χ1v) is 7.31. The second-order valence-electron chi connectivity index (χ2n) is 5.04. The highest BCUT2D eigenvalue weighted by Gasteiger charge is 2.24. The molecule has 2 rings (SSSR count). The summed E-state index contributed by atoms with van der Waals surface area (Å²) in [4.78, 5) is 21.5. The number of rotatable bonds is 3. The van der Waals surface area contributed by atoms with Gasteiger partial charge in [-0.1, -0.05) is 0 Å². The Morgan fingerprint density at radius 1 is 1.47 bits per heavy atom. The summed E-state index contributed by atoms with van der Waals surface area (Å²) in [5.74, 6) is -0.350. The Hall–Kier alpha value is -1.14. The van der Waals surface area contributed by atoms with Crippen LogP contribution in [0.25, 0.3) is 0 Å². The van der Waals surface area contributed by atoms with Crippen molar-refractivity contribution >= 4 is 22.4 Å². The molecule has 1 aliphatic heterocycles. The molecule has 6 heteroatoms. The van der Waals surface area contributed by atoms with Crippen LogP contribution in [0, 0.1) is 6.92 Å². The van der Waals surface area contributed by atoms with Gasteiger partial charge in [0.1, 0.15) is 0 Å². The second-order valence-corrected chi connectivity index (χ2v) is 6.22. The van der Waals surface area contributed by atoms with Crippen LogP contribution in [-0.2, 0) is 4.74 Å². The summed E-state index contributed by atoms with van der Waals surface area (Å²) in [7, 11) is 5.61. The topological polar surface area (TPSA) is 45.7 Å². The molecule has 0 spiro atoms. The third-order valence-electron chi connectivity index (χ3n) is 3.70. The number of aryl methyl sites for hydroxylation is 1. The molecule has 0 unspecified atom stereocenters. The minimum absolute atomic E-state index is 0.350. The van der Waals surface area contributed by atoms with Crippen LogP contribution in [0.3, 0.4) is 0 Å². The first-order valence-electron chi connectivity index (χ1n) is 6.50. The first kappa shape index (κ1) is 14.3. The zero-order valence-electron chi connectivity index (χ0n) is 12.0. The van der Waals surface area contributed by atoms with Gasteiger partial charge >= 0.3 is 5.97 Å². The van der Waals surface area contributed by atoms with Crippen LogP contribution < -0.4 is 4.90 Å². The highest BCUT2D eigenvalue weighted by Crippen LogP contribution is 2.28. The zero-order valence-corrected chi connectivity index (χ0v) is 12.8. The molecule has 0 amide bonds. The predicted molar refractivity (Wildman–Crippen MR) is 77.1 cm³/mol. The number of carbonyl (C=O) groups excluding carboxylic acids is 1. The fourth-order valence-electron chi connectivity index (χ4n) is 2.36. The van der Waals surface area contributed by atoms with E-state index in [9.17, 15) is 4.79 Å². The number of carbonyl (C=O) groups is 1. The largest absolute Gasteiger partial charge is 0.464 e. The molecule has 1 fully saturated rings. The maximum atomic E-state index is 11.6. The Bertz CT molecular complexity index is 453.